The van der Waals surface area contributed by atoms with Crippen molar-refractivity contribution >= 4 is 31.9 Å². The van der Waals surface area contributed by atoms with Gasteiger partial charge < -0.3 is 4.74 Å². The maximum absolute atomic E-state index is 5.44. The molecule has 0 saturated carbocycles. The summed E-state index contributed by atoms with van der Waals surface area (Å²) in [7, 11) is 0. The molecular weight excluding hydrogens is 296 g/mol. The highest BCUT2D eigenvalue weighted by Crippen LogP contribution is 2.20. The van der Waals surface area contributed by atoms with Gasteiger partial charge in [-0.25, -0.2) is 0 Å². The molecule has 0 N–H and O–H groups in total. The first-order valence-corrected chi connectivity index (χ1v) is 5.83. The van der Waals surface area contributed by atoms with E-state index in [0.717, 1.165) is 22.0 Å². The van der Waals surface area contributed by atoms with Crippen molar-refractivity contribution in [3.63, 3.8) is 0 Å². The van der Waals surface area contributed by atoms with Crippen molar-refractivity contribution in [2.24, 2.45) is 0 Å². The van der Waals surface area contributed by atoms with E-state index in [2.05, 4.69) is 50.9 Å². The molecule has 0 unspecified atom stereocenters. The van der Waals surface area contributed by atoms with Crippen LogP contribution < -0.4 is 0 Å². The molecule has 0 aliphatic rings. The summed E-state index contributed by atoms with van der Waals surface area (Å²) in [5.41, 5.74) is 1.19. The van der Waals surface area contributed by atoms with Crippen LogP contribution in [0.5, 0.6) is 0 Å². The molecule has 1 nitrogen and oxygen atoms in total. The fourth-order valence-corrected chi connectivity index (χ4v) is 2.42. The van der Waals surface area contributed by atoms with Crippen LogP contribution in [0.15, 0.2) is 27.1 Å². The monoisotopic (exact) mass is 306 g/mol. The minimum absolute atomic E-state index is 0.686. The van der Waals surface area contributed by atoms with Crippen LogP contribution in [0.25, 0.3) is 0 Å². The molecule has 0 atom stereocenters. The first kappa shape index (κ1) is 11.2. The lowest BCUT2D eigenvalue weighted by molar-refractivity contribution is 0.121. The van der Waals surface area contributed by atoms with Crippen LogP contribution in [0.3, 0.4) is 0 Å². The van der Waals surface area contributed by atoms with Gasteiger partial charge in [-0.05, 0) is 30.2 Å². The van der Waals surface area contributed by atoms with Gasteiger partial charge in [0.05, 0.1) is 6.61 Å². The largest absolute Gasteiger partial charge is 0.377 e. The van der Waals surface area contributed by atoms with Gasteiger partial charge in [0.25, 0.3) is 0 Å². The lowest BCUT2D eigenvalue weighted by Crippen LogP contribution is -1.93. The van der Waals surface area contributed by atoms with E-state index in [1.54, 1.807) is 0 Å². The van der Waals surface area contributed by atoms with E-state index in [1.165, 1.54) is 5.56 Å². The molecule has 1 aromatic carbocycles. The smallest absolute Gasteiger partial charge is 0.0717 e. The predicted molar refractivity (Wildman–Crippen MR) is 61.8 cm³/mol. The van der Waals surface area contributed by atoms with Gasteiger partial charge in [0, 0.05) is 15.6 Å². The van der Waals surface area contributed by atoms with Crippen molar-refractivity contribution < 1.29 is 4.74 Å². The van der Waals surface area contributed by atoms with Crippen LogP contribution in [-0.2, 0) is 11.3 Å². The summed E-state index contributed by atoms with van der Waals surface area (Å²) < 4.78 is 7.60. The van der Waals surface area contributed by atoms with Gasteiger partial charge in [-0.2, -0.15) is 0 Å². The Balaban J connectivity index is 2.56. The molecule has 1 rings (SSSR count). The zero-order valence-corrected chi connectivity index (χ0v) is 10.7. The summed E-state index contributed by atoms with van der Waals surface area (Å²) in [4.78, 5) is 0. The Morgan fingerprint density at radius 1 is 1.15 bits per heavy atom. The number of rotatable bonds is 4. The quantitative estimate of drug-likeness (QED) is 0.760. The minimum Gasteiger partial charge on any atom is -0.377 e. The highest BCUT2D eigenvalue weighted by molar-refractivity contribution is 9.11. The van der Waals surface area contributed by atoms with Crippen LogP contribution in [-0.4, -0.2) is 6.61 Å². The fourth-order valence-electron chi connectivity index (χ4n) is 1.03. The van der Waals surface area contributed by atoms with Crippen LogP contribution in [0.4, 0.5) is 0 Å². The average Bonchev–Trinajstić information content (AvgIpc) is 2.03. The van der Waals surface area contributed by atoms with Gasteiger partial charge in [-0.1, -0.05) is 38.8 Å². The minimum atomic E-state index is 0.686. The zero-order chi connectivity index (χ0) is 9.68. The van der Waals surface area contributed by atoms with E-state index in [1.807, 2.05) is 6.07 Å². The van der Waals surface area contributed by atoms with E-state index in [0.29, 0.717) is 6.61 Å². The van der Waals surface area contributed by atoms with Crippen LogP contribution in [0.2, 0.25) is 0 Å². The van der Waals surface area contributed by atoms with Crippen LogP contribution in [0, 0.1) is 0 Å². The Hall–Kier alpha value is 0.140. The normalized spacial score (nSPS) is 10.4. The molecule has 0 spiro atoms. The number of hydrogen-bond acceptors (Lipinski definition) is 1. The average molecular weight is 308 g/mol. The Morgan fingerprint density at radius 2 is 1.77 bits per heavy atom. The highest BCUT2D eigenvalue weighted by Gasteiger charge is 1.97. The van der Waals surface area contributed by atoms with E-state index in [4.69, 9.17) is 4.74 Å². The van der Waals surface area contributed by atoms with Gasteiger partial charge in [-0.3, -0.25) is 0 Å². The van der Waals surface area contributed by atoms with Crippen molar-refractivity contribution in [1.29, 1.82) is 0 Å². The van der Waals surface area contributed by atoms with E-state index in [-0.39, 0.29) is 0 Å². The Bertz CT molecular complexity index is 253. The van der Waals surface area contributed by atoms with Crippen molar-refractivity contribution in [3.05, 3.63) is 32.7 Å². The molecule has 0 aliphatic heterocycles. The fraction of sp³-hybridized carbons (Fsp3) is 0.400. The van der Waals surface area contributed by atoms with E-state index < -0.39 is 0 Å². The SMILES string of the molecule is CCCOCc1cc(Br)cc(Br)c1. The lowest BCUT2D eigenvalue weighted by atomic mass is 10.2. The maximum Gasteiger partial charge on any atom is 0.0717 e. The number of ether oxygens (including phenoxy) is 1. The van der Waals surface area contributed by atoms with Gasteiger partial charge in [-0.15, -0.1) is 0 Å². The second kappa shape index (κ2) is 5.78. The third kappa shape index (κ3) is 4.25. The third-order valence-corrected chi connectivity index (χ3v) is 2.46. The summed E-state index contributed by atoms with van der Waals surface area (Å²) in [6, 6.07) is 6.16. The summed E-state index contributed by atoms with van der Waals surface area (Å²) in [5, 5.41) is 0. The molecule has 3 heteroatoms. The summed E-state index contributed by atoms with van der Waals surface area (Å²) in [5.74, 6) is 0. The molecular formula is C10H12Br2O. The maximum atomic E-state index is 5.44. The molecule has 72 valence electrons. The van der Waals surface area contributed by atoms with Crippen molar-refractivity contribution in [2.45, 2.75) is 20.0 Å². The van der Waals surface area contributed by atoms with Crippen molar-refractivity contribution in [2.75, 3.05) is 6.61 Å². The standard InChI is InChI=1S/C10H12Br2O/c1-2-3-13-7-8-4-9(11)6-10(12)5-8/h4-6H,2-3,7H2,1H3. The van der Waals surface area contributed by atoms with E-state index in [9.17, 15) is 0 Å². The summed E-state index contributed by atoms with van der Waals surface area (Å²) in [6.45, 7) is 3.62. The first-order valence-electron chi connectivity index (χ1n) is 4.25. The van der Waals surface area contributed by atoms with Gasteiger partial charge in [0.15, 0.2) is 0 Å². The van der Waals surface area contributed by atoms with Gasteiger partial charge in [0.1, 0.15) is 0 Å². The van der Waals surface area contributed by atoms with Gasteiger partial charge in [0.2, 0.25) is 0 Å². The molecule has 0 heterocycles. The zero-order valence-electron chi connectivity index (χ0n) is 7.52. The third-order valence-electron chi connectivity index (χ3n) is 1.54. The molecule has 0 aromatic heterocycles. The molecule has 0 saturated heterocycles. The second-order valence-electron chi connectivity index (χ2n) is 2.83. The van der Waals surface area contributed by atoms with Crippen LogP contribution in [0.1, 0.15) is 18.9 Å². The first-order chi connectivity index (χ1) is 6.22. The molecule has 1 aromatic rings. The molecule has 0 radical (unpaired) electrons. The highest BCUT2D eigenvalue weighted by atomic mass is 79.9. The molecule has 13 heavy (non-hydrogen) atoms. The number of hydrogen-bond donors (Lipinski definition) is 0. The van der Waals surface area contributed by atoms with Crippen LogP contribution >= 0.6 is 31.9 Å². The topological polar surface area (TPSA) is 9.23 Å². The molecule has 0 amide bonds. The predicted octanol–water partition coefficient (Wildman–Crippen LogP) is 4.14. The Morgan fingerprint density at radius 3 is 2.31 bits per heavy atom. The molecule has 0 fully saturated rings. The second-order valence-corrected chi connectivity index (χ2v) is 4.66. The van der Waals surface area contributed by atoms with Crippen molar-refractivity contribution in [1.82, 2.24) is 0 Å². The lowest BCUT2D eigenvalue weighted by Gasteiger charge is -2.04. The number of halogens is 2. The Kier molecular flexibility index (Phi) is 4.99. The molecule has 0 bridgehead atoms. The Labute approximate surface area is 95.7 Å². The summed E-state index contributed by atoms with van der Waals surface area (Å²) >= 11 is 6.87. The van der Waals surface area contributed by atoms with E-state index >= 15 is 0 Å². The van der Waals surface area contributed by atoms with Gasteiger partial charge >= 0.3 is 0 Å². The summed E-state index contributed by atoms with van der Waals surface area (Å²) in [6.07, 6.45) is 1.06. The molecule has 0 aliphatic carbocycles. The number of benzene rings is 1. The van der Waals surface area contributed by atoms with Crippen molar-refractivity contribution in [3.8, 4) is 0 Å².